The van der Waals surface area contributed by atoms with Gasteiger partial charge in [-0.2, -0.15) is 5.10 Å². The van der Waals surface area contributed by atoms with Crippen molar-refractivity contribution < 1.29 is 19.1 Å². The van der Waals surface area contributed by atoms with Gasteiger partial charge in [-0.15, -0.1) is 0 Å². The molecule has 9 nitrogen and oxygen atoms in total. The van der Waals surface area contributed by atoms with Gasteiger partial charge in [0, 0.05) is 17.3 Å². The summed E-state index contributed by atoms with van der Waals surface area (Å²) in [6.45, 7) is 9.03. The zero-order valence-corrected chi connectivity index (χ0v) is 20.0. The molecule has 0 radical (unpaired) electrons. The summed E-state index contributed by atoms with van der Waals surface area (Å²) in [7, 11) is 0. The molecular formula is C25H31N5O4. The number of anilines is 1. The summed E-state index contributed by atoms with van der Waals surface area (Å²) < 4.78 is 13.0. The van der Waals surface area contributed by atoms with Crippen LogP contribution in [0, 0.1) is 13.8 Å². The molecule has 0 saturated heterocycles. The second kappa shape index (κ2) is 11.7. The molecule has 9 heteroatoms. The number of amidine groups is 1. The van der Waals surface area contributed by atoms with Gasteiger partial charge < -0.3 is 25.4 Å². The molecule has 3 N–H and O–H groups in total. The Hall–Kier alpha value is -4.01. The molecule has 3 rings (SSSR count). The molecule has 1 amide bonds. The quantitative estimate of drug-likeness (QED) is 0.254. The van der Waals surface area contributed by atoms with E-state index < -0.39 is 5.91 Å². The van der Waals surface area contributed by atoms with Gasteiger partial charge in [0.1, 0.15) is 11.5 Å². The highest BCUT2D eigenvalue weighted by Crippen LogP contribution is 2.29. The van der Waals surface area contributed by atoms with Gasteiger partial charge in [0.2, 0.25) is 0 Å². The Morgan fingerprint density at radius 3 is 2.59 bits per heavy atom. The van der Waals surface area contributed by atoms with Gasteiger partial charge >= 0.3 is 0 Å². The summed E-state index contributed by atoms with van der Waals surface area (Å²) >= 11 is 0. The fourth-order valence-electron chi connectivity index (χ4n) is 3.38. The number of amides is 1. The van der Waals surface area contributed by atoms with E-state index in [9.17, 15) is 4.79 Å². The average Bonchev–Trinajstić information content (AvgIpc) is 3.12. The maximum absolute atomic E-state index is 12.4. The van der Waals surface area contributed by atoms with Crippen LogP contribution in [0.1, 0.15) is 36.4 Å². The molecule has 180 valence electrons. The van der Waals surface area contributed by atoms with Crippen molar-refractivity contribution in [3.63, 3.8) is 0 Å². The van der Waals surface area contributed by atoms with Gasteiger partial charge in [0.25, 0.3) is 5.91 Å². The minimum atomic E-state index is -0.399. The first-order chi connectivity index (χ1) is 16.4. The van der Waals surface area contributed by atoms with E-state index >= 15 is 0 Å². The van der Waals surface area contributed by atoms with Crippen LogP contribution in [0.2, 0.25) is 0 Å². The predicted molar refractivity (Wildman–Crippen MR) is 131 cm³/mol. The van der Waals surface area contributed by atoms with E-state index in [1.54, 1.807) is 18.2 Å². The SMILES string of the molecule is CCOc1ccc(OCC)c(NC(=O)CO/N=C(/N)c2cccc(Cn3nc(C)cc3C)c2)c1. The number of hydrogen-bond donors (Lipinski definition) is 2. The second-order valence-corrected chi connectivity index (χ2v) is 7.61. The van der Waals surface area contributed by atoms with Crippen molar-refractivity contribution in [1.29, 1.82) is 0 Å². The Bertz CT molecular complexity index is 1160. The second-order valence-electron chi connectivity index (χ2n) is 7.61. The zero-order chi connectivity index (χ0) is 24.5. The maximum atomic E-state index is 12.4. The minimum Gasteiger partial charge on any atom is -0.494 e. The molecule has 0 atom stereocenters. The van der Waals surface area contributed by atoms with Gasteiger partial charge in [0.05, 0.1) is 31.1 Å². The Kier molecular flexibility index (Phi) is 8.50. The molecule has 0 fully saturated rings. The molecule has 0 bridgehead atoms. The zero-order valence-electron chi connectivity index (χ0n) is 20.0. The van der Waals surface area contributed by atoms with Crippen molar-refractivity contribution in [2.24, 2.45) is 10.9 Å². The monoisotopic (exact) mass is 465 g/mol. The molecule has 0 aliphatic rings. The van der Waals surface area contributed by atoms with Gasteiger partial charge in [-0.3, -0.25) is 9.48 Å². The van der Waals surface area contributed by atoms with Gasteiger partial charge in [0.15, 0.2) is 12.4 Å². The van der Waals surface area contributed by atoms with Crippen molar-refractivity contribution in [2.75, 3.05) is 25.1 Å². The normalized spacial score (nSPS) is 11.2. The molecule has 0 saturated carbocycles. The van der Waals surface area contributed by atoms with Gasteiger partial charge in [-0.25, -0.2) is 0 Å². The number of nitrogens with two attached hydrogens (primary N) is 1. The third kappa shape index (κ3) is 6.74. The first kappa shape index (κ1) is 24.6. The Morgan fingerprint density at radius 1 is 1.09 bits per heavy atom. The van der Waals surface area contributed by atoms with Crippen LogP contribution in [-0.2, 0) is 16.2 Å². The molecule has 0 spiro atoms. The van der Waals surface area contributed by atoms with Crippen LogP contribution in [0.25, 0.3) is 0 Å². The van der Waals surface area contributed by atoms with E-state index in [1.165, 1.54) is 0 Å². The summed E-state index contributed by atoms with van der Waals surface area (Å²) in [5, 5.41) is 11.2. The van der Waals surface area contributed by atoms with Crippen molar-refractivity contribution >= 4 is 17.4 Å². The number of nitrogens with one attached hydrogen (secondary N) is 1. The number of carbonyl (C=O) groups is 1. The molecule has 0 aliphatic carbocycles. The number of rotatable bonds is 11. The highest BCUT2D eigenvalue weighted by molar-refractivity contribution is 5.97. The number of aryl methyl sites for hydroxylation is 2. The molecule has 1 heterocycles. The van der Waals surface area contributed by atoms with E-state index in [2.05, 4.69) is 15.6 Å². The Balaban J connectivity index is 1.60. The average molecular weight is 466 g/mol. The summed E-state index contributed by atoms with van der Waals surface area (Å²) in [6.07, 6.45) is 0. The number of benzene rings is 2. The molecule has 0 unspecified atom stereocenters. The summed E-state index contributed by atoms with van der Waals surface area (Å²) in [5.41, 5.74) is 10.4. The van der Waals surface area contributed by atoms with Crippen LogP contribution in [0.3, 0.4) is 0 Å². The van der Waals surface area contributed by atoms with Crippen molar-refractivity contribution in [1.82, 2.24) is 9.78 Å². The van der Waals surface area contributed by atoms with Crippen LogP contribution in [-0.4, -0.2) is 41.3 Å². The number of hydrogen-bond acceptors (Lipinski definition) is 6. The number of nitrogens with zero attached hydrogens (tertiary/aromatic N) is 3. The third-order valence-electron chi connectivity index (χ3n) is 4.85. The predicted octanol–water partition coefficient (Wildman–Crippen LogP) is 3.62. The summed E-state index contributed by atoms with van der Waals surface area (Å²) in [6, 6.07) is 14.9. The Morgan fingerprint density at radius 2 is 1.88 bits per heavy atom. The van der Waals surface area contributed by atoms with Crippen LogP contribution < -0.4 is 20.5 Å². The van der Waals surface area contributed by atoms with Crippen LogP contribution in [0.15, 0.2) is 53.7 Å². The molecular weight excluding hydrogens is 434 g/mol. The van der Waals surface area contributed by atoms with Gasteiger partial charge in [-0.05, 0) is 57.5 Å². The fourth-order valence-corrected chi connectivity index (χ4v) is 3.38. The van der Waals surface area contributed by atoms with Crippen LogP contribution >= 0.6 is 0 Å². The Labute approximate surface area is 199 Å². The fraction of sp³-hybridized carbons (Fsp3) is 0.320. The van der Waals surface area contributed by atoms with E-state index in [-0.39, 0.29) is 12.4 Å². The highest BCUT2D eigenvalue weighted by atomic mass is 16.6. The molecule has 2 aromatic carbocycles. The molecule has 0 aliphatic heterocycles. The third-order valence-corrected chi connectivity index (χ3v) is 4.85. The maximum Gasteiger partial charge on any atom is 0.265 e. The smallest absolute Gasteiger partial charge is 0.265 e. The van der Waals surface area contributed by atoms with E-state index in [4.69, 9.17) is 20.0 Å². The number of aromatic nitrogens is 2. The van der Waals surface area contributed by atoms with Crippen LogP contribution in [0.4, 0.5) is 5.69 Å². The summed E-state index contributed by atoms with van der Waals surface area (Å²) in [5.74, 6) is 0.951. The topological polar surface area (TPSA) is 113 Å². The van der Waals surface area contributed by atoms with Crippen molar-refractivity contribution in [2.45, 2.75) is 34.2 Å². The number of oxime groups is 1. The van der Waals surface area contributed by atoms with Crippen molar-refractivity contribution in [3.05, 3.63) is 71.0 Å². The molecule has 34 heavy (non-hydrogen) atoms. The standard InChI is InChI=1S/C25H31N5O4/c1-5-32-21-10-11-23(33-6-2)22(14-21)27-24(31)16-34-29-25(26)20-9-7-8-19(13-20)15-30-18(4)12-17(3)28-30/h7-14H,5-6,15-16H2,1-4H3,(H2,26,29)(H,27,31). The largest absolute Gasteiger partial charge is 0.494 e. The lowest BCUT2D eigenvalue weighted by atomic mass is 10.1. The first-order valence-corrected chi connectivity index (χ1v) is 11.1. The molecule has 3 aromatic rings. The summed E-state index contributed by atoms with van der Waals surface area (Å²) in [4.78, 5) is 17.6. The lowest BCUT2D eigenvalue weighted by Crippen LogP contribution is -2.20. The molecule has 1 aromatic heterocycles. The number of ether oxygens (including phenoxy) is 2. The van der Waals surface area contributed by atoms with E-state index in [0.29, 0.717) is 42.5 Å². The van der Waals surface area contributed by atoms with Crippen molar-refractivity contribution in [3.8, 4) is 11.5 Å². The van der Waals surface area contributed by atoms with E-state index in [1.807, 2.05) is 62.7 Å². The lowest BCUT2D eigenvalue weighted by Gasteiger charge is -2.13. The van der Waals surface area contributed by atoms with Crippen LogP contribution in [0.5, 0.6) is 11.5 Å². The number of carbonyl (C=O) groups excluding carboxylic acids is 1. The van der Waals surface area contributed by atoms with E-state index in [0.717, 1.165) is 17.0 Å². The minimum absolute atomic E-state index is 0.177. The lowest BCUT2D eigenvalue weighted by molar-refractivity contribution is -0.120. The first-order valence-electron chi connectivity index (χ1n) is 11.1. The highest BCUT2D eigenvalue weighted by Gasteiger charge is 2.11. The van der Waals surface area contributed by atoms with Gasteiger partial charge in [-0.1, -0.05) is 23.4 Å².